The minimum Gasteiger partial charge on any atom is -0.368 e. The van der Waals surface area contributed by atoms with Gasteiger partial charge in [-0.2, -0.15) is 0 Å². The standard InChI is InChI=1S/C13H24N2O2.ClH/c1-3-4-9-17-11(2)13(16)15-7-5-12(10-14)6-8-15;/h3,11-12H,1,4-10,14H2,2H3;1H. The van der Waals surface area contributed by atoms with Crippen molar-refractivity contribution in [2.45, 2.75) is 32.3 Å². The summed E-state index contributed by atoms with van der Waals surface area (Å²) in [7, 11) is 0. The van der Waals surface area contributed by atoms with E-state index in [1.165, 1.54) is 0 Å². The molecule has 4 nitrogen and oxygen atoms in total. The minimum atomic E-state index is -0.343. The number of amides is 1. The lowest BCUT2D eigenvalue weighted by Crippen LogP contribution is -2.44. The molecule has 106 valence electrons. The summed E-state index contributed by atoms with van der Waals surface area (Å²) < 4.78 is 5.46. The third-order valence-electron chi connectivity index (χ3n) is 3.30. The summed E-state index contributed by atoms with van der Waals surface area (Å²) in [5, 5.41) is 0. The van der Waals surface area contributed by atoms with Crippen LogP contribution in [0, 0.1) is 5.92 Å². The van der Waals surface area contributed by atoms with E-state index in [9.17, 15) is 4.79 Å². The third-order valence-corrected chi connectivity index (χ3v) is 3.30. The normalized spacial score (nSPS) is 18.0. The lowest BCUT2D eigenvalue weighted by Gasteiger charge is -2.33. The number of nitrogens with two attached hydrogens (primary N) is 1. The Morgan fingerprint density at radius 2 is 2.17 bits per heavy atom. The lowest BCUT2D eigenvalue weighted by atomic mass is 9.97. The second kappa shape index (κ2) is 9.36. The van der Waals surface area contributed by atoms with Crippen molar-refractivity contribution in [1.82, 2.24) is 4.90 Å². The van der Waals surface area contributed by atoms with Crippen LogP contribution >= 0.6 is 12.4 Å². The second-order valence-electron chi connectivity index (χ2n) is 4.59. The van der Waals surface area contributed by atoms with E-state index >= 15 is 0 Å². The molecule has 1 aliphatic rings. The molecular formula is C13H25ClN2O2. The topological polar surface area (TPSA) is 55.6 Å². The van der Waals surface area contributed by atoms with E-state index in [4.69, 9.17) is 10.5 Å². The quantitative estimate of drug-likeness (QED) is 0.592. The van der Waals surface area contributed by atoms with Crippen LogP contribution in [0.15, 0.2) is 12.7 Å². The average molecular weight is 277 g/mol. The van der Waals surface area contributed by atoms with E-state index in [0.717, 1.165) is 38.9 Å². The molecule has 0 aliphatic carbocycles. The van der Waals surface area contributed by atoms with Crippen LogP contribution in [0.2, 0.25) is 0 Å². The molecule has 0 spiro atoms. The second-order valence-corrected chi connectivity index (χ2v) is 4.59. The van der Waals surface area contributed by atoms with Gasteiger partial charge in [0, 0.05) is 13.1 Å². The highest BCUT2D eigenvalue weighted by Crippen LogP contribution is 2.16. The molecule has 0 aromatic carbocycles. The Morgan fingerprint density at radius 3 is 2.67 bits per heavy atom. The smallest absolute Gasteiger partial charge is 0.251 e. The van der Waals surface area contributed by atoms with E-state index in [-0.39, 0.29) is 24.4 Å². The van der Waals surface area contributed by atoms with Gasteiger partial charge in [0.2, 0.25) is 0 Å². The molecule has 0 aromatic rings. The van der Waals surface area contributed by atoms with Crippen molar-refractivity contribution in [3.05, 3.63) is 12.7 Å². The molecule has 1 atom stereocenters. The molecule has 1 heterocycles. The van der Waals surface area contributed by atoms with Gasteiger partial charge >= 0.3 is 0 Å². The van der Waals surface area contributed by atoms with Crippen molar-refractivity contribution in [2.24, 2.45) is 11.7 Å². The highest BCUT2D eigenvalue weighted by Gasteiger charge is 2.25. The molecule has 1 fully saturated rings. The Bertz CT molecular complexity index is 253. The zero-order valence-corrected chi connectivity index (χ0v) is 12.0. The first kappa shape index (κ1) is 17.4. The molecule has 18 heavy (non-hydrogen) atoms. The van der Waals surface area contributed by atoms with Crippen molar-refractivity contribution < 1.29 is 9.53 Å². The highest BCUT2D eigenvalue weighted by atomic mass is 35.5. The predicted molar refractivity (Wildman–Crippen MR) is 75.8 cm³/mol. The molecule has 1 rings (SSSR count). The first-order chi connectivity index (χ1) is 8.19. The number of carbonyl (C=O) groups is 1. The van der Waals surface area contributed by atoms with Crippen molar-refractivity contribution in [2.75, 3.05) is 26.2 Å². The zero-order valence-electron chi connectivity index (χ0n) is 11.1. The molecule has 0 radical (unpaired) electrons. The fourth-order valence-electron chi connectivity index (χ4n) is 2.05. The molecule has 2 N–H and O–H groups in total. The number of piperidine rings is 1. The maximum Gasteiger partial charge on any atom is 0.251 e. The van der Waals surface area contributed by atoms with Crippen molar-refractivity contribution in [3.63, 3.8) is 0 Å². The van der Waals surface area contributed by atoms with Gasteiger partial charge in [-0.3, -0.25) is 4.79 Å². The summed E-state index contributed by atoms with van der Waals surface area (Å²) in [5.74, 6) is 0.681. The van der Waals surface area contributed by atoms with E-state index in [1.54, 1.807) is 6.08 Å². The number of ether oxygens (including phenoxy) is 1. The van der Waals surface area contributed by atoms with Crippen LogP contribution in [0.5, 0.6) is 0 Å². The molecule has 1 unspecified atom stereocenters. The monoisotopic (exact) mass is 276 g/mol. The van der Waals surface area contributed by atoms with Crippen molar-refractivity contribution in [1.29, 1.82) is 0 Å². The SMILES string of the molecule is C=CCCOC(C)C(=O)N1CCC(CN)CC1.Cl. The van der Waals surface area contributed by atoms with E-state index < -0.39 is 0 Å². The van der Waals surface area contributed by atoms with Gasteiger partial charge in [0.15, 0.2) is 0 Å². The fraction of sp³-hybridized carbons (Fsp3) is 0.769. The van der Waals surface area contributed by atoms with Gasteiger partial charge in [0.05, 0.1) is 6.61 Å². The third kappa shape index (κ3) is 5.38. The van der Waals surface area contributed by atoms with Crippen molar-refractivity contribution in [3.8, 4) is 0 Å². The van der Waals surface area contributed by atoms with E-state index in [1.807, 2.05) is 11.8 Å². The molecule has 0 aromatic heterocycles. The molecule has 1 saturated heterocycles. The molecule has 0 bridgehead atoms. The average Bonchev–Trinajstić information content (AvgIpc) is 2.38. The summed E-state index contributed by atoms with van der Waals surface area (Å²) in [6, 6.07) is 0. The van der Waals surface area contributed by atoms with Gasteiger partial charge in [0.25, 0.3) is 5.91 Å². The summed E-state index contributed by atoms with van der Waals surface area (Å²) in [6.07, 6.45) is 4.27. The zero-order chi connectivity index (χ0) is 12.7. The number of rotatable bonds is 6. The molecule has 1 aliphatic heterocycles. The predicted octanol–water partition coefficient (Wildman–Crippen LogP) is 1.59. The van der Waals surface area contributed by atoms with Crippen LogP contribution in [0.25, 0.3) is 0 Å². The number of hydrogen-bond donors (Lipinski definition) is 1. The Labute approximate surface area is 116 Å². The summed E-state index contributed by atoms with van der Waals surface area (Å²) >= 11 is 0. The molecule has 1 amide bonds. The Balaban J connectivity index is 0.00000289. The van der Waals surface area contributed by atoms with Crippen LogP contribution in [-0.2, 0) is 9.53 Å². The summed E-state index contributed by atoms with van der Waals surface area (Å²) in [5.41, 5.74) is 5.63. The van der Waals surface area contributed by atoms with Crippen LogP contribution in [0.1, 0.15) is 26.2 Å². The number of likely N-dealkylation sites (tertiary alicyclic amines) is 1. The van der Waals surface area contributed by atoms with Gasteiger partial charge in [0.1, 0.15) is 6.10 Å². The highest BCUT2D eigenvalue weighted by molar-refractivity contribution is 5.85. The van der Waals surface area contributed by atoms with Gasteiger partial charge in [-0.05, 0) is 38.6 Å². The number of nitrogens with zero attached hydrogens (tertiary/aromatic N) is 1. The number of halogens is 1. The first-order valence-electron chi connectivity index (χ1n) is 6.40. The fourth-order valence-corrected chi connectivity index (χ4v) is 2.05. The maximum absolute atomic E-state index is 12.0. The number of carbonyl (C=O) groups excluding carboxylic acids is 1. The lowest BCUT2D eigenvalue weighted by molar-refractivity contribution is -0.143. The summed E-state index contributed by atoms with van der Waals surface area (Å²) in [4.78, 5) is 13.9. The van der Waals surface area contributed by atoms with Crippen LogP contribution in [0.4, 0.5) is 0 Å². The van der Waals surface area contributed by atoms with Crippen LogP contribution in [-0.4, -0.2) is 43.2 Å². The van der Waals surface area contributed by atoms with Gasteiger partial charge in [-0.15, -0.1) is 19.0 Å². The largest absolute Gasteiger partial charge is 0.368 e. The molecular weight excluding hydrogens is 252 g/mol. The minimum absolute atomic E-state index is 0. The summed E-state index contributed by atoms with van der Waals surface area (Å²) in [6.45, 7) is 8.37. The molecule has 0 saturated carbocycles. The van der Waals surface area contributed by atoms with Crippen LogP contribution in [0.3, 0.4) is 0 Å². The Kier molecular flexibility index (Phi) is 9.06. The number of hydrogen-bond acceptors (Lipinski definition) is 3. The van der Waals surface area contributed by atoms with Crippen LogP contribution < -0.4 is 5.73 Å². The van der Waals surface area contributed by atoms with Gasteiger partial charge in [-0.1, -0.05) is 6.08 Å². The van der Waals surface area contributed by atoms with Gasteiger partial charge in [-0.25, -0.2) is 0 Å². The van der Waals surface area contributed by atoms with Gasteiger partial charge < -0.3 is 15.4 Å². The maximum atomic E-state index is 12.0. The van der Waals surface area contributed by atoms with E-state index in [0.29, 0.717) is 12.5 Å². The Morgan fingerprint density at radius 1 is 1.56 bits per heavy atom. The van der Waals surface area contributed by atoms with Crippen molar-refractivity contribution >= 4 is 18.3 Å². The Hall–Kier alpha value is -0.580. The van der Waals surface area contributed by atoms with E-state index in [2.05, 4.69) is 6.58 Å². The molecule has 5 heteroatoms. The first-order valence-corrected chi connectivity index (χ1v) is 6.40.